The molecular weight excluding hydrogens is 280 g/mol. The lowest BCUT2D eigenvalue weighted by Crippen LogP contribution is -2.63. The Morgan fingerprint density at radius 2 is 2.05 bits per heavy atom. The van der Waals surface area contributed by atoms with Crippen molar-refractivity contribution in [1.82, 2.24) is 10.2 Å². The summed E-state index contributed by atoms with van der Waals surface area (Å²) in [5.74, 6) is -0.357. The van der Waals surface area contributed by atoms with Crippen LogP contribution in [-0.2, 0) is 9.59 Å². The van der Waals surface area contributed by atoms with E-state index >= 15 is 0 Å². The Balaban J connectivity index is 2.03. The van der Waals surface area contributed by atoms with Crippen LogP contribution >= 0.6 is 0 Å². The summed E-state index contributed by atoms with van der Waals surface area (Å²) in [6.45, 7) is 6.96. The summed E-state index contributed by atoms with van der Waals surface area (Å²) in [5, 5.41) is 2.89. The molecule has 5 nitrogen and oxygen atoms in total. The van der Waals surface area contributed by atoms with Crippen molar-refractivity contribution in [2.45, 2.75) is 38.8 Å². The van der Waals surface area contributed by atoms with Crippen LogP contribution in [0.5, 0.6) is 5.75 Å². The molecule has 22 heavy (non-hydrogen) atoms. The van der Waals surface area contributed by atoms with E-state index in [0.29, 0.717) is 19.5 Å². The number of nitrogens with zero attached hydrogens (tertiary/aromatic N) is 1. The normalized spacial score (nSPS) is 29.1. The number of carbonyl (C=O) groups excluding carboxylic acids is 2. The maximum Gasteiger partial charge on any atom is 0.236 e. The first-order chi connectivity index (χ1) is 10.5. The first-order valence-corrected chi connectivity index (χ1v) is 7.88. The maximum absolute atomic E-state index is 12.8. The van der Waals surface area contributed by atoms with E-state index in [4.69, 9.17) is 4.74 Å². The van der Waals surface area contributed by atoms with E-state index < -0.39 is 11.6 Å². The Hall–Kier alpha value is -2.04. The molecule has 2 aliphatic heterocycles. The van der Waals surface area contributed by atoms with Crippen molar-refractivity contribution in [3.05, 3.63) is 29.8 Å². The van der Waals surface area contributed by atoms with E-state index in [9.17, 15) is 9.59 Å². The molecule has 2 amide bonds. The average Bonchev–Trinajstić information content (AvgIpc) is 2.47. The van der Waals surface area contributed by atoms with Crippen LogP contribution in [0.3, 0.4) is 0 Å². The molecule has 1 N–H and O–H groups in total. The number of ether oxygens (including phenoxy) is 1. The lowest BCUT2D eigenvalue weighted by Gasteiger charge is -2.47. The van der Waals surface area contributed by atoms with Gasteiger partial charge in [0.2, 0.25) is 11.8 Å². The molecule has 2 bridgehead atoms. The molecule has 3 atom stereocenters. The summed E-state index contributed by atoms with van der Waals surface area (Å²) in [7, 11) is 0. The molecule has 3 rings (SSSR count). The van der Waals surface area contributed by atoms with Crippen molar-refractivity contribution < 1.29 is 14.3 Å². The van der Waals surface area contributed by atoms with Gasteiger partial charge in [0, 0.05) is 25.4 Å². The molecule has 118 valence electrons. The quantitative estimate of drug-likeness (QED) is 0.867. The van der Waals surface area contributed by atoms with Gasteiger partial charge in [0.05, 0.1) is 0 Å². The Labute approximate surface area is 130 Å². The minimum atomic E-state index is -0.726. The average molecular weight is 302 g/mol. The van der Waals surface area contributed by atoms with Crippen molar-refractivity contribution >= 4 is 11.8 Å². The molecule has 0 unspecified atom stereocenters. The van der Waals surface area contributed by atoms with Crippen molar-refractivity contribution in [2.24, 2.45) is 5.92 Å². The van der Waals surface area contributed by atoms with E-state index in [0.717, 1.165) is 11.3 Å². The smallest absolute Gasteiger partial charge is 0.236 e. The summed E-state index contributed by atoms with van der Waals surface area (Å²) in [6, 6.07) is 7.69. The van der Waals surface area contributed by atoms with Crippen LogP contribution < -0.4 is 10.1 Å². The number of fused-ring (bicyclic) bond motifs is 4. The standard InChI is InChI=1S/C17H22N2O3/c1-4-19(5-2)16(21)14-12-10-17(3,18-15(14)20)22-13-9-7-6-8-11(12)13/h6-9,12,14H,4-5,10H2,1-3H3,(H,18,20)/t12-,14+,17+/m0/s1. The summed E-state index contributed by atoms with van der Waals surface area (Å²) in [4.78, 5) is 27.1. The lowest BCUT2D eigenvalue weighted by atomic mass is 9.74. The molecule has 0 aliphatic carbocycles. The molecule has 1 fully saturated rings. The molecule has 1 saturated heterocycles. The van der Waals surface area contributed by atoms with E-state index in [2.05, 4.69) is 5.32 Å². The predicted octanol–water partition coefficient (Wildman–Crippen LogP) is 1.88. The molecule has 2 aliphatic rings. The largest absolute Gasteiger partial charge is 0.468 e. The van der Waals surface area contributed by atoms with Crippen molar-refractivity contribution in [2.75, 3.05) is 13.1 Å². The van der Waals surface area contributed by atoms with E-state index in [1.807, 2.05) is 45.0 Å². The molecule has 2 heterocycles. The van der Waals surface area contributed by atoms with E-state index in [1.54, 1.807) is 4.90 Å². The third kappa shape index (κ3) is 2.25. The number of rotatable bonds is 3. The Kier molecular flexibility index (Phi) is 3.59. The number of benzene rings is 1. The minimum Gasteiger partial charge on any atom is -0.468 e. The topological polar surface area (TPSA) is 58.6 Å². The Morgan fingerprint density at radius 3 is 2.73 bits per heavy atom. The van der Waals surface area contributed by atoms with Gasteiger partial charge in [-0.2, -0.15) is 0 Å². The molecule has 1 aromatic rings. The fourth-order valence-corrected chi connectivity index (χ4v) is 3.61. The van der Waals surface area contributed by atoms with Gasteiger partial charge in [-0.3, -0.25) is 9.59 Å². The monoisotopic (exact) mass is 302 g/mol. The van der Waals surface area contributed by atoms with Crippen molar-refractivity contribution in [1.29, 1.82) is 0 Å². The summed E-state index contributed by atoms with van der Waals surface area (Å²) in [6.07, 6.45) is 0.618. The number of hydrogen-bond acceptors (Lipinski definition) is 3. The fraction of sp³-hybridized carbons (Fsp3) is 0.529. The van der Waals surface area contributed by atoms with E-state index in [-0.39, 0.29) is 17.7 Å². The second-order valence-corrected chi connectivity index (χ2v) is 6.16. The zero-order chi connectivity index (χ0) is 15.9. The summed E-state index contributed by atoms with van der Waals surface area (Å²) >= 11 is 0. The number of nitrogens with one attached hydrogen (secondary N) is 1. The highest BCUT2D eigenvalue weighted by molar-refractivity contribution is 6.02. The second kappa shape index (κ2) is 5.30. The summed E-state index contributed by atoms with van der Waals surface area (Å²) < 4.78 is 5.95. The van der Waals surface area contributed by atoms with Crippen LogP contribution in [0.2, 0.25) is 0 Å². The first kappa shape index (κ1) is 14.9. The van der Waals surface area contributed by atoms with Crippen LogP contribution in [0.25, 0.3) is 0 Å². The third-order valence-corrected chi connectivity index (χ3v) is 4.68. The van der Waals surface area contributed by atoms with Gasteiger partial charge in [-0.1, -0.05) is 18.2 Å². The van der Waals surface area contributed by atoms with Crippen molar-refractivity contribution in [3.8, 4) is 5.75 Å². The molecule has 0 spiro atoms. The first-order valence-electron chi connectivity index (χ1n) is 7.88. The Morgan fingerprint density at radius 1 is 1.36 bits per heavy atom. The van der Waals surface area contributed by atoms with Gasteiger partial charge in [0.15, 0.2) is 5.72 Å². The Bertz CT molecular complexity index is 612. The van der Waals surface area contributed by atoms with Crippen LogP contribution in [0.15, 0.2) is 24.3 Å². The van der Waals surface area contributed by atoms with Gasteiger partial charge in [-0.25, -0.2) is 0 Å². The molecule has 0 aromatic heterocycles. The number of para-hydroxylation sites is 1. The second-order valence-electron chi connectivity index (χ2n) is 6.16. The van der Waals surface area contributed by atoms with Crippen LogP contribution in [-0.4, -0.2) is 35.5 Å². The van der Waals surface area contributed by atoms with Crippen molar-refractivity contribution in [3.63, 3.8) is 0 Å². The number of carbonyl (C=O) groups is 2. The highest BCUT2D eigenvalue weighted by Crippen LogP contribution is 2.46. The van der Waals surface area contributed by atoms with Crippen LogP contribution in [0.1, 0.15) is 38.7 Å². The highest BCUT2D eigenvalue weighted by atomic mass is 16.5. The van der Waals surface area contributed by atoms with Gasteiger partial charge in [-0.05, 0) is 32.4 Å². The zero-order valence-electron chi connectivity index (χ0n) is 13.3. The lowest BCUT2D eigenvalue weighted by molar-refractivity contribution is -0.152. The minimum absolute atomic E-state index is 0.0914. The molecule has 1 aromatic carbocycles. The van der Waals surface area contributed by atoms with Gasteiger partial charge in [0.25, 0.3) is 0 Å². The molecule has 0 radical (unpaired) electrons. The molecule has 0 saturated carbocycles. The van der Waals surface area contributed by atoms with Gasteiger partial charge in [-0.15, -0.1) is 0 Å². The summed E-state index contributed by atoms with van der Waals surface area (Å²) in [5.41, 5.74) is 0.233. The molecular formula is C17H22N2O3. The highest BCUT2D eigenvalue weighted by Gasteiger charge is 2.52. The number of piperidine rings is 1. The van der Waals surface area contributed by atoms with Crippen LogP contribution in [0.4, 0.5) is 0 Å². The molecule has 5 heteroatoms. The number of amides is 2. The number of hydrogen-bond donors (Lipinski definition) is 1. The zero-order valence-corrected chi connectivity index (χ0v) is 13.3. The van der Waals surface area contributed by atoms with Gasteiger partial charge < -0.3 is 15.0 Å². The van der Waals surface area contributed by atoms with Gasteiger partial charge in [0.1, 0.15) is 11.7 Å². The maximum atomic E-state index is 12.8. The van der Waals surface area contributed by atoms with Crippen LogP contribution in [0, 0.1) is 5.92 Å². The van der Waals surface area contributed by atoms with Gasteiger partial charge >= 0.3 is 0 Å². The fourth-order valence-electron chi connectivity index (χ4n) is 3.61. The predicted molar refractivity (Wildman–Crippen MR) is 82.4 cm³/mol. The third-order valence-electron chi connectivity index (χ3n) is 4.68. The SMILES string of the molecule is CCN(CC)C(=O)[C@H]1C(=O)N[C@@]2(C)C[C@H]1c1ccccc1O2. The van der Waals surface area contributed by atoms with E-state index in [1.165, 1.54) is 0 Å².